The van der Waals surface area contributed by atoms with Gasteiger partial charge in [-0.2, -0.15) is 0 Å². The highest BCUT2D eigenvalue weighted by Crippen LogP contribution is 2.16. The first-order valence-corrected chi connectivity index (χ1v) is 6.96. The summed E-state index contributed by atoms with van der Waals surface area (Å²) in [5.41, 5.74) is -0.376. The van der Waals surface area contributed by atoms with E-state index in [9.17, 15) is 9.59 Å². The summed E-state index contributed by atoms with van der Waals surface area (Å²) < 4.78 is 11.3. The van der Waals surface area contributed by atoms with Crippen LogP contribution in [0.5, 0.6) is 0 Å². The van der Waals surface area contributed by atoms with Gasteiger partial charge in [0.05, 0.1) is 18.8 Å². The number of rotatable bonds is 8. The van der Waals surface area contributed by atoms with Gasteiger partial charge in [-0.1, -0.05) is 25.4 Å². The van der Waals surface area contributed by atoms with Gasteiger partial charge in [-0.3, -0.25) is 14.3 Å². The molecular formula is C13H21ClN2O4. The molecule has 0 aliphatic carbocycles. The predicted molar refractivity (Wildman–Crippen MR) is 77.7 cm³/mol. The maximum absolute atomic E-state index is 12.2. The first-order valence-electron chi connectivity index (χ1n) is 6.58. The van der Waals surface area contributed by atoms with Crippen molar-refractivity contribution in [3.8, 4) is 0 Å². The first-order chi connectivity index (χ1) is 9.49. The molecule has 0 saturated heterocycles. The van der Waals surface area contributed by atoms with Crippen LogP contribution in [0, 0.1) is 0 Å². The Morgan fingerprint density at radius 1 is 1.25 bits per heavy atom. The van der Waals surface area contributed by atoms with Gasteiger partial charge in [-0.25, -0.2) is 4.79 Å². The number of halogens is 1. The Kier molecular flexibility index (Phi) is 6.98. The molecular weight excluding hydrogens is 284 g/mol. The molecule has 1 N–H and O–H groups in total. The third kappa shape index (κ3) is 4.47. The van der Waals surface area contributed by atoms with Gasteiger partial charge in [0.25, 0.3) is 5.56 Å². The zero-order valence-electron chi connectivity index (χ0n) is 12.1. The van der Waals surface area contributed by atoms with Crippen molar-refractivity contribution in [3.63, 3.8) is 0 Å². The van der Waals surface area contributed by atoms with E-state index in [0.29, 0.717) is 38.3 Å². The van der Waals surface area contributed by atoms with Crippen molar-refractivity contribution in [2.24, 2.45) is 0 Å². The summed E-state index contributed by atoms with van der Waals surface area (Å²) in [7, 11) is 1.60. The molecule has 1 heterocycles. The van der Waals surface area contributed by atoms with Crippen LogP contribution in [0.15, 0.2) is 9.59 Å². The summed E-state index contributed by atoms with van der Waals surface area (Å²) in [5, 5.41) is 0.127. The van der Waals surface area contributed by atoms with E-state index in [2.05, 4.69) is 4.98 Å². The second-order valence-electron chi connectivity index (χ2n) is 4.73. The van der Waals surface area contributed by atoms with Gasteiger partial charge in [0.1, 0.15) is 5.15 Å². The molecule has 0 aromatic carbocycles. The largest absolute Gasteiger partial charge is 0.382 e. The Bertz CT molecular complexity index is 536. The highest BCUT2D eigenvalue weighted by atomic mass is 35.5. The first kappa shape index (κ1) is 16.9. The van der Waals surface area contributed by atoms with Crippen LogP contribution in [-0.2, 0) is 16.0 Å². The molecule has 0 aliphatic heterocycles. The van der Waals surface area contributed by atoms with Crippen LogP contribution < -0.4 is 11.2 Å². The van der Waals surface area contributed by atoms with Crippen molar-refractivity contribution in [1.29, 1.82) is 0 Å². The zero-order valence-corrected chi connectivity index (χ0v) is 12.8. The number of nitrogens with zero attached hydrogens (tertiary/aromatic N) is 1. The molecule has 114 valence electrons. The van der Waals surface area contributed by atoms with Crippen molar-refractivity contribution in [2.45, 2.75) is 32.7 Å². The smallest absolute Gasteiger partial charge is 0.329 e. The monoisotopic (exact) mass is 304 g/mol. The summed E-state index contributed by atoms with van der Waals surface area (Å²) in [4.78, 5) is 26.5. The third-order valence-electron chi connectivity index (χ3n) is 2.85. The van der Waals surface area contributed by atoms with Gasteiger partial charge in [-0.15, -0.1) is 0 Å². The number of hydrogen-bond acceptors (Lipinski definition) is 4. The highest BCUT2D eigenvalue weighted by molar-refractivity contribution is 6.30. The normalized spacial score (nSPS) is 11.2. The van der Waals surface area contributed by atoms with Crippen molar-refractivity contribution >= 4 is 11.6 Å². The van der Waals surface area contributed by atoms with Gasteiger partial charge in [0, 0.05) is 20.3 Å². The van der Waals surface area contributed by atoms with Crippen LogP contribution in [-0.4, -0.2) is 36.5 Å². The molecule has 0 amide bonds. The lowest BCUT2D eigenvalue weighted by atomic mass is 10.1. The standard InChI is InChI=1S/C13H21ClN2O4/c1-9(2)10-11(14)15-13(18)16(12(10)17)5-4-6-20-8-7-19-3/h9H,4-8H2,1-3H3,(H,15,18). The number of hydrogen-bond donors (Lipinski definition) is 1. The Balaban J connectivity index is 2.73. The fourth-order valence-corrected chi connectivity index (χ4v) is 2.21. The van der Waals surface area contributed by atoms with E-state index in [4.69, 9.17) is 21.1 Å². The number of aromatic amines is 1. The van der Waals surface area contributed by atoms with E-state index in [-0.39, 0.29) is 16.6 Å². The Hall–Kier alpha value is -1.11. The van der Waals surface area contributed by atoms with Crippen molar-refractivity contribution in [3.05, 3.63) is 31.6 Å². The average Bonchev–Trinajstić information content (AvgIpc) is 2.35. The quantitative estimate of drug-likeness (QED) is 0.581. The van der Waals surface area contributed by atoms with E-state index < -0.39 is 5.69 Å². The molecule has 7 heteroatoms. The molecule has 0 unspecified atom stereocenters. The van der Waals surface area contributed by atoms with Crippen LogP contribution in [0.3, 0.4) is 0 Å². The van der Waals surface area contributed by atoms with E-state index >= 15 is 0 Å². The zero-order chi connectivity index (χ0) is 15.1. The lowest BCUT2D eigenvalue weighted by molar-refractivity contribution is 0.0678. The van der Waals surface area contributed by atoms with Crippen molar-refractivity contribution in [2.75, 3.05) is 26.9 Å². The molecule has 0 bridgehead atoms. The molecule has 1 aromatic rings. The van der Waals surface area contributed by atoms with Gasteiger partial charge >= 0.3 is 5.69 Å². The molecule has 20 heavy (non-hydrogen) atoms. The number of H-pyrrole nitrogens is 1. The Morgan fingerprint density at radius 3 is 2.55 bits per heavy atom. The van der Waals surface area contributed by atoms with Gasteiger partial charge in [-0.05, 0) is 12.3 Å². The fraction of sp³-hybridized carbons (Fsp3) is 0.692. The number of ether oxygens (including phenoxy) is 2. The van der Waals surface area contributed by atoms with Crippen molar-refractivity contribution in [1.82, 2.24) is 9.55 Å². The average molecular weight is 305 g/mol. The topological polar surface area (TPSA) is 73.3 Å². The second kappa shape index (κ2) is 8.24. The molecule has 0 saturated carbocycles. The molecule has 0 radical (unpaired) electrons. The SMILES string of the molecule is COCCOCCCn1c(=O)[nH]c(Cl)c(C(C)C)c1=O. The lowest BCUT2D eigenvalue weighted by Crippen LogP contribution is -2.38. The predicted octanol–water partition coefficient (Wildman–Crippen LogP) is 1.37. The van der Waals surface area contributed by atoms with Crippen LogP contribution in [0.1, 0.15) is 31.7 Å². The molecule has 1 aromatic heterocycles. The number of aromatic nitrogens is 2. The Morgan fingerprint density at radius 2 is 1.95 bits per heavy atom. The molecule has 0 spiro atoms. The minimum Gasteiger partial charge on any atom is -0.382 e. The second-order valence-corrected chi connectivity index (χ2v) is 5.11. The van der Waals surface area contributed by atoms with E-state index in [1.54, 1.807) is 7.11 Å². The van der Waals surface area contributed by atoms with Crippen LogP contribution in [0.4, 0.5) is 0 Å². The molecule has 6 nitrogen and oxygen atoms in total. The summed E-state index contributed by atoms with van der Waals surface area (Å²) in [6.07, 6.45) is 0.575. The van der Waals surface area contributed by atoms with E-state index in [1.165, 1.54) is 4.57 Å². The summed E-state index contributed by atoms with van der Waals surface area (Å²) in [6, 6.07) is 0. The molecule has 0 aliphatic rings. The highest BCUT2D eigenvalue weighted by Gasteiger charge is 2.15. The molecule has 0 fully saturated rings. The lowest BCUT2D eigenvalue weighted by Gasteiger charge is -2.11. The maximum Gasteiger partial charge on any atom is 0.329 e. The fourth-order valence-electron chi connectivity index (χ4n) is 1.83. The summed E-state index contributed by atoms with van der Waals surface area (Å²) in [5.74, 6) is -0.0453. The van der Waals surface area contributed by atoms with Crippen molar-refractivity contribution < 1.29 is 9.47 Å². The van der Waals surface area contributed by atoms with Gasteiger partial charge in [0.2, 0.25) is 0 Å². The minimum absolute atomic E-state index is 0.0453. The summed E-state index contributed by atoms with van der Waals surface area (Å²) >= 11 is 5.91. The molecule has 0 atom stereocenters. The van der Waals surface area contributed by atoms with E-state index in [0.717, 1.165) is 0 Å². The summed E-state index contributed by atoms with van der Waals surface area (Å²) in [6.45, 7) is 5.52. The van der Waals surface area contributed by atoms with Crippen LogP contribution in [0.25, 0.3) is 0 Å². The number of nitrogens with one attached hydrogen (secondary N) is 1. The van der Waals surface area contributed by atoms with Gasteiger partial charge in [0.15, 0.2) is 0 Å². The van der Waals surface area contributed by atoms with E-state index in [1.807, 2.05) is 13.8 Å². The van der Waals surface area contributed by atoms with Crippen LogP contribution in [0.2, 0.25) is 5.15 Å². The maximum atomic E-state index is 12.2. The molecule has 1 rings (SSSR count). The minimum atomic E-state index is -0.485. The van der Waals surface area contributed by atoms with Gasteiger partial charge < -0.3 is 9.47 Å². The number of methoxy groups -OCH3 is 1. The van der Waals surface area contributed by atoms with Crippen LogP contribution >= 0.6 is 11.6 Å². The third-order valence-corrected chi connectivity index (χ3v) is 3.15. The Labute approximate surface area is 122 Å².